The van der Waals surface area contributed by atoms with E-state index in [1.807, 2.05) is 18.2 Å². The summed E-state index contributed by atoms with van der Waals surface area (Å²) in [6.45, 7) is 2.24. The molecule has 0 saturated carbocycles. The first-order valence-corrected chi connectivity index (χ1v) is 4.02. The van der Waals surface area contributed by atoms with Crippen molar-refractivity contribution >= 4 is 12.0 Å². The third-order valence-electron chi connectivity index (χ3n) is 1.43. The van der Waals surface area contributed by atoms with Gasteiger partial charge in [-0.3, -0.25) is 4.79 Å². The van der Waals surface area contributed by atoms with Crippen molar-refractivity contribution in [1.82, 2.24) is 0 Å². The molecule has 0 N–H and O–H groups in total. The lowest BCUT2D eigenvalue weighted by Gasteiger charge is -1.97. The Morgan fingerprint density at radius 3 is 2.69 bits per heavy atom. The second kappa shape index (κ2) is 5.09. The van der Waals surface area contributed by atoms with Crippen LogP contribution in [0.2, 0.25) is 0 Å². The zero-order valence-electron chi connectivity index (χ0n) is 7.36. The topological polar surface area (TPSA) is 38.7 Å². The van der Waals surface area contributed by atoms with Crippen molar-refractivity contribution < 1.29 is 9.63 Å². The molecule has 0 aromatic heterocycles. The largest absolute Gasteiger partial charge is 0.395 e. The van der Waals surface area contributed by atoms with E-state index in [9.17, 15) is 4.79 Å². The van der Waals surface area contributed by atoms with Gasteiger partial charge in [-0.2, -0.15) is 0 Å². The number of carbonyl (C=O) groups excluding carboxylic acids is 1. The fourth-order valence-electron chi connectivity index (χ4n) is 0.855. The van der Waals surface area contributed by atoms with Gasteiger partial charge in [0.05, 0.1) is 0 Å². The lowest BCUT2D eigenvalue weighted by atomic mass is 10.1. The van der Waals surface area contributed by atoms with Gasteiger partial charge in [-0.15, -0.1) is 0 Å². The second-order valence-corrected chi connectivity index (χ2v) is 2.33. The fraction of sp³-hybridized carbons (Fsp3) is 0.200. The molecular weight excluding hydrogens is 166 g/mol. The number of rotatable bonds is 4. The van der Waals surface area contributed by atoms with Crippen LogP contribution in [0.1, 0.15) is 12.5 Å². The Morgan fingerprint density at radius 2 is 2.15 bits per heavy atom. The van der Waals surface area contributed by atoms with Crippen LogP contribution >= 0.6 is 0 Å². The summed E-state index contributed by atoms with van der Waals surface area (Å²) in [7, 11) is 0. The van der Waals surface area contributed by atoms with Crippen LogP contribution < -0.4 is 0 Å². The third kappa shape index (κ3) is 2.71. The van der Waals surface area contributed by atoms with Gasteiger partial charge in [0.2, 0.25) is 0 Å². The minimum Gasteiger partial charge on any atom is -0.395 e. The molecule has 0 amide bonds. The minimum absolute atomic E-state index is 0.197. The predicted octanol–water partition coefficient (Wildman–Crippen LogP) is 1.54. The van der Waals surface area contributed by atoms with E-state index in [0.29, 0.717) is 12.2 Å². The quantitative estimate of drug-likeness (QED) is 0.515. The molecule has 13 heavy (non-hydrogen) atoms. The highest BCUT2D eigenvalue weighted by atomic mass is 16.6. The van der Waals surface area contributed by atoms with Crippen molar-refractivity contribution in [2.45, 2.75) is 6.92 Å². The molecule has 3 heteroatoms. The molecule has 0 spiro atoms. The van der Waals surface area contributed by atoms with Gasteiger partial charge in [-0.1, -0.05) is 35.5 Å². The van der Waals surface area contributed by atoms with Gasteiger partial charge >= 0.3 is 0 Å². The number of nitrogens with zero attached hydrogens (tertiary/aromatic N) is 1. The van der Waals surface area contributed by atoms with Crippen molar-refractivity contribution in [2.75, 3.05) is 6.61 Å². The van der Waals surface area contributed by atoms with Gasteiger partial charge in [-0.25, -0.2) is 0 Å². The molecule has 0 bridgehead atoms. The molecule has 0 unspecified atom stereocenters. The molecule has 0 aliphatic heterocycles. The van der Waals surface area contributed by atoms with E-state index in [4.69, 9.17) is 4.84 Å². The Hall–Kier alpha value is -1.64. The third-order valence-corrected chi connectivity index (χ3v) is 1.43. The fourth-order valence-corrected chi connectivity index (χ4v) is 0.855. The molecule has 0 aliphatic carbocycles. The number of hydrogen-bond acceptors (Lipinski definition) is 3. The molecule has 0 atom stereocenters. The highest BCUT2D eigenvalue weighted by Crippen LogP contribution is 1.99. The van der Waals surface area contributed by atoms with Crippen LogP contribution in [-0.4, -0.2) is 18.6 Å². The number of benzene rings is 1. The van der Waals surface area contributed by atoms with Crippen LogP contribution in [0.25, 0.3) is 0 Å². The van der Waals surface area contributed by atoms with E-state index in [-0.39, 0.29) is 5.71 Å². The monoisotopic (exact) mass is 176 g/mol. The van der Waals surface area contributed by atoms with Crippen LogP contribution in [0, 0.1) is 0 Å². The van der Waals surface area contributed by atoms with Crippen LogP contribution in [0.4, 0.5) is 0 Å². The van der Waals surface area contributed by atoms with E-state index < -0.39 is 0 Å². The molecule has 1 aromatic rings. The van der Waals surface area contributed by atoms with Gasteiger partial charge in [0, 0.05) is 5.56 Å². The van der Waals surface area contributed by atoms with Crippen molar-refractivity contribution in [1.29, 1.82) is 0 Å². The molecule has 67 valence electrons. The standard InChI is InChI=1S/C10H10NO2/c1-2-13-11-10(8-12)9-6-4-3-5-7-9/h3-7H,2H2,1H3/b11-10-. The van der Waals surface area contributed by atoms with E-state index in [1.165, 1.54) is 0 Å². The summed E-state index contributed by atoms with van der Waals surface area (Å²) in [5.74, 6) is 0. The Kier molecular flexibility index (Phi) is 3.70. The van der Waals surface area contributed by atoms with Crippen molar-refractivity contribution in [3.8, 4) is 0 Å². The summed E-state index contributed by atoms with van der Waals surface area (Å²) in [4.78, 5) is 15.2. The maximum Gasteiger partial charge on any atom is 0.257 e. The second-order valence-electron chi connectivity index (χ2n) is 2.33. The highest BCUT2D eigenvalue weighted by Gasteiger charge is 2.01. The Morgan fingerprint density at radius 1 is 1.46 bits per heavy atom. The maximum absolute atomic E-state index is 10.5. The van der Waals surface area contributed by atoms with Crippen molar-refractivity contribution in [2.24, 2.45) is 5.16 Å². The summed E-state index contributed by atoms with van der Waals surface area (Å²) in [6.07, 6.45) is 1.73. The lowest BCUT2D eigenvalue weighted by molar-refractivity contribution is 0.159. The first kappa shape index (κ1) is 9.45. The normalized spacial score (nSPS) is 11.0. The van der Waals surface area contributed by atoms with Gasteiger partial charge in [0.1, 0.15) is 6.61 Å². The van der Waals surface area contributed by atoms with Crippen LogP contribution in [-0.2, 0) is 9.63 Å². The molecule has 1 radical (unpaired) electrons. The summed E-state index contributed by atoms with van der Waals surface area (Å²) >= 11 is 0. The Bertz CT molecular complexity index is 293. The van der Waals surface area contributed by atoms with Gasteiger partial charge < -0.3 is 4.84 Å². The van der Waals surface area contributed by atoms with Crippen molar-refractivity contribution in [3.63, 3.8) is 0 Å². The van der Waals surface area contributed by atoms with Gasteiger partial charge in [0.25, 0.3) is 6.29 Å². The zero-order valence-corrected chi connectivity index (χ0v) is 7.36. The SMILES string of the molecule is CCO/N=C(/[C]=O)c1ccccc1. The smallest absolute Gasteiger partial charge is 0.257 e. The van der Waals surface area contributed by atoms with E-state index >= 15 is 0 Å². The molecule has 0 heterocycles. The number of oxime groups is 1. The molecule has 0 aliphatic rings. The van der Waals surface area contributed by atoms with Crippen LogP contribution in [0.3, 0.4) is 0 Å². The van der Waals surface area contributed by atoms with Crippen LogP contribution in [0.5, 0.6) is 0 Å². The summed E-state index contributed by atoms with van der Waals surface area (Å²) < 4.78 is 0. The first-order chi connectivity index (χ1) is 6.38. The van der Waals surface area contributed by atoms with E-state index in [2.05, 4.69) is 5.16 Å². The predicted molar refractivity (Wildman–Crippen MR) is 50.3 cm³/mol. The van der Waals surface area contributed by atoms with Crippen molar-refractivity contribution in [3.05, 3.63) is 35.9 Å². The average molecular weight is 176 g/mol. The highest BCUT2D eigenvalue weighted by molar-refractivity contribution is 6.36. The molecular formula is C10H10NO2. The summed E-state index contributed by atoms with van der Waals surface area (Å²) in [5.41, 5.74) is 0.911. The lowest BCUT2D eigenvalue weighted by Crippen LogP contribution is -2.02. The number of hydrogen-bond donors (Lipinski definition) is 0. The average Bonchev–Trinajstić information content (AvgIpc) is 2.21. The summed E-state index contributed by atoms with van der Waals surface area (Å²) in [6, 6.07) is 9.08. The molecule has 1 rings (SSSR count). The molecule has 1 aromatic carbocycles. The van der Waals surface area contributed by atoms with Gasteiger partial charge in [-0.05, 0) is 6.92 Å². The summed E-state index contributed by atoms with van der Waals surface area (Å²) in [5, 5.41) is 3.62. The zero-order chi connectivity index (χ0) is 9.52. The molecule has 0 fully saturated rings. The first-order valence-electron chi connectivity index (χ1n) is 4.02. The maximum atomic E-state index is 10.5. The molecule has 3 nitrogen and oxygen atoms in total. The Balaban J connectivity index is 2.84. The Labute approximate surface area is 77.0 Å². The van der Waals surface area contributed by atoms with Gasteiger partial charge in [0.15, 0.2) is 5.71 Å². The van der Waals surface area contributed by atoms with E-state index in [1.54, 1.807) is 25.3 Å². The van der Waals surface area contributed by atoms with Crippen LogP contribution in [0.15, 0.2) is 35.5 Å². The minimum atomic E-state index is 0.197. The van der Waals surface area contributed by atoms with E-state index in [0.717, 1.165) is 0 Å². The molecule has 0 saturated heterocycles.